The maximum Gasteiger partial charge on any atom is 0.140 e. The van der Waals surface area contributed by atoms with Gasteiger partial charge in [-0.3, -0.25) is 4.68 Å². The van der Waals surface area contributed by atoms with Gasteiger partial charge in [0.25, 0.3) is 0 Å². The first-order chi connectivity index (χ1) is 8.72. The first-order valence-corrected chi connectivity index (χ1v) is 5.95. The van der Waals surface area contributed by atoms with Gasteiger partial charge in [0.1, 0.15) is 17.9 Å². The summed E-state index contributed by atoms with van der Waals surface area (Å²) in [5.41, 5.74) is 0.948. The highest BCUT2D eigenvalue weighted by Gasteiger charge is 2.07. The van der Waals surface area contributed by atoms with Gasteiger partial charge >= 0.3 is 0 Å². The fraction of sp³-hybridized carbons (Fsp3) is 0.333. The Kier molecular flexibility index (Phi) is 4.17. The van der Waals surface area contributed by atoms with E-state index in [1.807, 2.05) is 25.2 Å². The molecule has 0 saturated carbocycles. The third-order valence-electron chi connectivity index (χ3n) is 2.69. The molecule has 0 aliphatic carbocycles. The fourth-order valence-electron chi connectivity index (χ4n) is 1.68. The van der Waals surface area contributed by atoms with Gasteiger partial charge in [-0.1, -0.05) is 17.7 Å². The van der Waals surface area contributed by atoms with Crippen molar-refractivity contribution in [3.63, 3.8) is 0 Å². The highest BCUT2D eigenvalue weighted by Crippen LogP contribution is 2.25. The highest BCUT2D eigenvalue weighted by atomic mass is 35.5. The molecule has 2 aromatic rings. The van der Waals surface area contributed by atoms with Crippen molar-refractivity contribution in [1.29, 1.82) is 0 Å². The van der Waals surface area contributed by atoms with E-state index in [2.05, 4.69) is 15.4 Å². The molecular formula is C12H15ClN4O. The normalized spacial score (nSPS) is 10.6. The van der Waals surface area contributed by atoms with Crippen molar-refractivity contribution < 1.29 is 4.74 Å². The summed E-state index contributed by atoms with van der Waals surface area (Å²) >= 11 is 6.15. The molecule has 0 fully saturated rings. The summed E-state index contributed by atoms with van der Waals surface area (Å²) in [6.07, 6.45) is 1.53. The number of aryl methyl sites for hydroxylation is 1. The van der Waals surface area contributed by atoms with Crippen LogP contribution in [0.1, 0.15) is 11.4 Å². The van der Waals surface area contributed by atoms with Crippen LogP contribution in [0.25, 0.3) is 0 Å². The number of halogens is 1. The number of nitrogens with zero attached hydrogens (tertiary/aromatic N) is 3. The minimum Gasteiger partial charge on any atom is -0.496 e. The molecule has 0 radical (unpaired) electrons. The van der Waals surface area contributed by atoms with Gasteiger partial charge in [-0.05, 0) is 12.1 Å². The van der Waals surface area contributed by atoms with Crippen molar-refractivity contribution >= 4 is 11.6 Å². The molecule has 0 aliphatic rings. The number of benzene rings is 1. The van der Waals surface area contributed by atoms with Gasteiger partial charge in [-0.2, -0.15) is 5.10 Å². The molecular weight excluding hydrogens is 252 g/mol. The summed E-state index contributed by atoms with van der Waals surface area (Å²) in [6.45, 7) is 1.25. The summed E-state index contributed by atoms with van der Waals surface area (Å²) in [7, 11) is 3.50. The first kappa shape index (κ1) is 12.9. The molecule has 0 aliphatic heterocycles. The topological polar surface area (TPSA) is 52.0 Å². The zero-order valence-corrected chi connectivity index (χ0v) is 11.1. The van der Waals surface area contributed by atoms with E-state index in [0.29, 0.717) is 18.1 Å². The fourth-order valence-corrected chi connectivity index (χ4v) is 1.91. The van der Waals surface area contributed by atoms with E-state index >= 15 is 0 Å². The molecule has 18 heavy (non-hydrogen) atoms. The van der Waals surface area contributed by atoms with Crippen LogP contribution in [0.4, 0.5) is 0 Å². The third-order valence-corrected chi connectivity index (χ3v) is 3.04. The molecule has 0 spiro atoms. The van der Waals surface area contributed by atoms with Crippen molar-refractivity contribution in [2.45, 2.75) is 13.1 Å². The Bertz CT molecular complexity index is 527. The number of hydrogen-bond acceptors (Lipinski definition) is 4. The minimum absolute atomic E-state index is 0.621. The molecule has 1 aromatic heterocycles. The lowest BCUT2D eigenvalue weighted by molar-refractivity contribution is 0.407. The maximum atomic E-state index is 6.15. The van der Waals surface area contributed by atoms with E-state index in [1.165, 1.54) is 6.33 Å². The average molecular weight is 267 g/mol. The number of methoxy groups -OCH3 is 1. The van der Waals surface area contributed by atoms with Crippen LogP contribution in [-0.2, 0) is 20.1 Å². The van der Waals surface area contributed by atoms with Crippen molar-refractivity contribution in [3.05, 3.63) is 40.9 Å². The van der Waals surface area contributed by atoms with Gasteiger partial charge in [-0.15, -0.1) is 0 Å². The highest BCUT2D eigenvalue weighted by molar-refractivity contribution is 6.31. The van der Waals surface area contributed by atoms with Gasteiger partial charge in [0.15, 0.2) is 0 Å². The largest absolute Gasteiger partial charge is 0.496 e. The van der Waals surface area contributed by atoms with Gasteiger partial charge in [0.05, 0.1) is 13.7 Å². The van der Waals surface area contributed by atoms with E-state index in [4.69, 9.17) is 16.3 Å². The molecule has 2 rings (SSSR count). The zero-order valence-electron chi connectivity index (χ0n) is 10.4. The quantitative estimate of drug-likeness (QED) is 0.896. The van der Waals surface area contributed by atoms with Gasteiger partial charge in [0, 0.05) is 24.2 Å². The molecule has 1 aromatic carbocycles. The molecule has 0 saturated heterocycles. The van der Waals surface area contributed by atoms with E-state index in [-0.39, 0.29) is 0 Å². The van der Waals surface area contributed by atoms with Crippen molar-refractivity contribution in [2.75, 3.05) is 7.11 Å². The summed E-state index contributed by atoms with van der Waals surface area (Å²) in [5, 5.41) is 7.98. The van der Waals surface area contributed by atoms with Crippen LogP contribution in [0.2, 0.25) is 5.02 Å². The summed E-state index contributed by atoms with van der Waals surface area (Å²) < 4.78 is 7.01. The molecule has 0 atom stereocenters. The van der Waals surface area contributed by atoms with Gasteiger partial charge < -0.3 is 10.1 Å². The Balaban J connectivity index is 2.00. The van der Waals surface area contributed by atoms with E-state index < -0.39 is 0 Å². The molecule has 0 amide bonds. The lowest BCUT2D eigenvalue weighted by Gasteiger charge is -2.11. The van der Waals surface area contributed by atoms with E-state index in [0.717, 1.165) is 17.1 Å². The van der Waals surface area contributed by atoms with Crippen LogP contribution < -0.4 is 10.1 Å². The second-order valence-electron chi connectivity index (χ2n) is 3.82. The number of hydrogen-bond donors (Lipinski definition) is 1. The standard InChI is InChI=1S/C12H15ClN4O/c1-17-12(15-8-16-17)7-14-6-9-10(13)4-3-5-11(9)18-2/h3-5,8,14H,6-7H2,1-2H3. The Labute approximate surface area is 111 Å². The summed E-state index contributed by atoms with van der Waals surface area (Å²) in [5.74, 6) is 1.66. The second kappa shape index (κ2) is 5.84. The van der Waals surface area contributed by atoms with Crippen LogP contribution in [0.5, 0.6) is 5.75 Å². The Morgan fingerprint density at radius 3 is 2.89 bits per heavy atom. The minimum atomic E-state index is 0.621. The second-order valence-corrected chi connectivity index (χ2v) is 4.23. The molecule has 96 valence electrons. The molecule has 5 nitrogen and oxygen atoms in total. The Hall–Kier alpha value is -1.59. The maximum absolute atomic E-state index is 6.15. The summed E-state index contributed by atoms with van der Waals surface area (Å²) in [6, 6.07) is 5.61. The lowest BCUT2D eigenvalue weighted by Crippen LogP contribution is -2.16. The lowest BCUT2D eigenvalue weighted by atomic mass is 10.2. The zero-order chi connectivity index (χ0) is 13.0. The molecule has 1 heterocycles. The summed E-state index contributed by atoms with van der Waals surface area (Å²) in [4.78, 5) is 4.14. The van der Waals surface area contributed by atoms with Gasteiger partial charge in [0.2, 0.25) is 0 Å². The van der Waals surface area contributed by atoms with Crippen LogP contribution >= 0.6 is 11.6 Å². The van der Waals surface area contributed by atoms with Crippen LogP contribution in [-0.4, -0.2) is 21.9 Å². The van der Waals surface area contributed by atoms with Crippen LogP contribution in [0, 0.1) is 0 Å². The average Bonchev–Trinajstić information content (AvgIpc) is 2.77. The number of nitrogens with one attached hydrogen (secondary N) is 1. The predicted octanol–water partition coefficient (Wildman–Crippen LogP) is 1.77. The smallest absolute Gasteiger partial charge is 0.140 e. The van der Waals surface area contributed by atoms with Crippen LogP contribution in [0.15, 0.2) is 24.5 Å². The number of aromatic nitrogens is 3. The van der Waals surface area contributed by atoms with Crippen molar-refractivity contribution in [2.24, 2.45) is 7.05 Å². The predicted molar refractivity (Wildman–Crippen MR) is 69.6 cm³/mol. The molecule has 1 N–H and O–H groups in total. The van der Waals surface area contributed by atoms with Crippen molar-refractivity contribution in [3.8, 4) is 5.75 Å². The Morgan fingerprint density at radius 2 is 2.22 bits per heavy atom. The molecule has 0 unspecified atom stereocenters. The van der Waals surface area contributed by atoms with Gasteiger partial charge in [-0.25, -0.2) is 4.98 Å². The molecule has 0 bridgehead atoms. The van der Waals surface area contributed by atoms with E-state index in [1.54, 1.807) is 11.8 Å². The first-order valence-electron chi connectivity index (χ1n) is 5.57. The van der Waals surface area contributed by atoms with Crippen molar-refractivity contribution in [1.82, 2.24) is 20.1 Å². The van der Waals surface area contributed by atoms with E-state index in [9.17, 15) is 0 Å². The molecule has 6 heteroatoms. The third kappa shape index (κ3) is 2.80. The SMILES string of the molecule is COc1cccc(Cl)c1CNCc1ncnn1C. The number of ether oxygens (including phenoxy) is 1. The monoisotopic (exact) mass is 266 g/mol. The number of rotatable bonds is 5. The Morgan fingerprint density at radius 1 is 1.39 bits per heavy atom. The van der Waals surface area contributed by atoms with Crippen LogP contribution in [0.3, 0.4) is 0 Å².